The lowest BCUT2D eigenvalue weighted by Crippen LogP contribution is -2.51. The van der Waals surface area contributed by atoms with Crippen LogP contribution in [0.1, 0.15) is 32.1 Å². The summed E-state index contributed by atoms with van der Waals surface area (Å²) in [5.41, 5.74) is 6.05. The van der Waals surface area contributed by atoms with Crippen LogP contribution < -0.4 is 11.1 Å². The number of nitrogens with one attached hydrogen (secondary N) is 1. The molecule has 2 rings (SSSR count). The lowest BCUT2D eigenvalue weighted by molar-refractivity contribution is -0.122. The zero-order valence-electron chi connectivity index (χ0n) is 10.1. The number of aromatic nitrogens is 2. The largest absolute Gasteiger partial charge is 0.353 e. The Bertz CT molecular complexity index is 355. The Balaban J connectivity index is 1.75. The first-order chi connectivity index (χ1) is 8.18. The van der Waals surface area contributed by atoms with Crippen LogP contribution in [-0.4, -0.2) is 27.8 Å². The lowest BCUT2D eigenvalue weighted by atomic mass is 9.82. The van der Waals surface area contributed by atoms with Gasteiger partial charge in [-0.25, -0.2) is 0 Å². The summed E-state index contributed by atoms with van der Waals surface area (Å²) in [6, 6.07) is 1.80. The van der Waals surface area contributed by atoms with E-state index in [9.17, 15) is 4.79 Å². The van der Waals surface area contributed by atoms with Crippen molar-refractivity contribution in [2.24, 2.45) is 5.73 Å². The molecule has 1 aromatic heterocycles. The first-order valence-corrected chi connectivity index (χ1v) is 6.21. The topological polar surface area (TPSA) is 72.9 Å². The molecule has 1 saturated carbocycles. The molecule has 5 heteroatoms. The maximum Gasteiger partial charge on any atom is 0.241 e. The highest BCUT2D eigenvalue weighted by Gasteiger charge is 2.27. The Hall–Kier alpha value is -1.36. The molecule has 1 aliphatic rings. The van der Waals surface area contributed by atoms with Crippen molar-refractivity contribution in [1.82, 2.24) is 15.1 Å². The number of carbonyl (C=O) groups excluding carboxylic acids is 1. The maximum absolute atomic E-state index is 11.7. The summed E-state index contributed by atoms with van der Waals surface area (Å²) < 4.78 is 1.61. The molecule has 0 aromatic carbocycles. The minimum atomic E-state index is -0.196. The summed E-state index contributed by atoms with van der Waals surface area (Å²) >= 11 is 0. The van der Waals surface area contributed by atoms with Crippen molar-refractivity contribution in [3.63, 3.8) is 0 Å². The number of rotatable bonds is 4. The van der Waals surface area contributed by atoms with Crippen LogP contribution in [0.25, 0.3) is 0 Å². The standard InChI is InChI=1S/C12H20N4O/c13-12(5-2-1-3-6-12)10-14-11(17)9-16-8-4-7-15-16/h4,7-8H,1-3,5-6,9-10,13H2,(H,14,17). The number of hydrogen-bond acceptors (Lipinski definition) is 3. The van der Waals surface area contributed by atoms with Gasteiger partial charge in [-0.1, -0.05) is 19.3 Å². The molecule has 0 atom stereocenters. The molecule has 0 radical (unpaired) electrons. The van der Waals surface area contributed by atoms with E-state index in [1.165, 1.54) is 19.3 Å². The summed E-state index contributed by atoms with van der Waals surface area (Å²) in [6.45, 7) is 0.843. The Morgan fingerprint density at radius 1 is 1.41 bits per heavy atom. The van der Waals surface area contributed by atoms with Crippen molar-refractivity contribution in [3.8, 4) is 0 Å². The summed E-state index contributed by atoms with van der Waals surface area (Å²) in [7, 11) is 0. The fraction of sp³-hybridized carbons (Fsp3) is 0.667. The highest BCUT2D eigenvalue weighted by Crippen LogP contribution is 2.24. The zero-order valence-corrected chi connectivity index (χ0v) is 10.1. The molecule has 0 spiro atoms. The minimum Gasteiger partial charge on any atom is -0.353 e. The first kappa shape index (κ1) is 12.1. The van der Waals surface area contributed by atoms with E-state index in [-0.39, 0.29) is 18.0 Å². The van der Waals surface area contributed by atoms with Gasteiger partial charge in [-0.05, 0) is 18.9 Å². The van der Waals surface area contributed by atoms with Crippen LogP contribution in [0.3, 0.4) is 0 Å². The van der Waals surface area contributed by atoms with Crippen molar-refractivity contribution in [2.45, 2.75) is 44.2 Å². The van der Waals surface area contributed by atoms with E-state index in [4.69, 9.17) is 5.73 Å². The third-order valence-electron chi connectivity index (χ3n) is 3.35. The van der Waals surface area contributed by atoms with Gasteiger partial charge in [0.15, 0.2) is 0 Å². The summed E-state index contributed by atoms with van der Waals surface area (Å²) in [6.07, 6.45) is 9.07. The third kappa shape index (κ3) is 3.56. The van der Waals surface area contributed by atoms with E-state index in [1.807, 2.05) is 0 Å². The number of nitrogens with two attached hydrogens (primary N) is 1. The van der Waals surface area contributed by atoms with Crippen LogP contribution in [0.2, 0.25) is 0 Å². The average Bonchev–Trinajstić information content (AvgIpc) is 2.80. The lowest BCUT2D eigenvalue weighted by Gasteiger charge is -2.33. The van der Waals surface area contributed by atoms with E-state index in [2.05, 4.69) is 10.4 Å². The molecule has 5 nitrogen and oxygen atoms in total. The number of amides is 1. The van der Waals surface area contributed by atoms with Crippen LogP contribution in [0.15, 0.2) is 18.5 Å². The molecule has 0 bridgehead atoms. The summed E-state index contributed by atoms with van der Waals surface area (Å²) in [5.74, 6) is -0.0240. The molecule has 1 amide bonds. The predicted octanol–water partition coefficient (Wildman–Crippen LogP) is 0.661. The first-order valence-electron chi connectivity index (χ1n) is 6.21. The zero-order chi connectivity index (χ0) is 12.1. The van der Waals surface area contributed by atoms with Gasteiger partial charge in [0.2, 0.25) is 5.91 Å². The van der Waals surface area contributed by atoms with Crippen molar-refractivity contribution in [2.75, 3.05) is 6.54 Å². The van der Waals surface area contributed by atoms with Crippen molar-refractivity contribution < 1.29 is 4.79 Å². The monoisotopic (exact) mass is 236 g/mol. The molecular formula is C12H20N4O. The van der Waals surface area contributed by atoms with Crippen LogP contribution in [0.4, 0.5) is 0 Å². The van der Waals surface area contributed by atoms with Crippen molar-refractivity contribution in [1.29, 1.82) is 0 Å². The number of carbonyl (C=O) groups is 1. The molecular weight excluding hydrogens is 216 g/mol. The molecule has 1 fully saturated rings. The summed E-state index contributed by atoms with van der Waals surface area (Å²) in [5, 5.41) is 6.90. The molecule has 0 saturated heterocycles. The fourth-order valence-corrected chi connectivity index (χ4v) is 2.30. The second-order valence-corrected chi connectivity index (χ2v) is 4.90. The molecule has 1 aromatic rings. The van der Waals surface area contributed by atoms with Gasteiger partial charge < -0.3 is 11.1 Å². The minimum absolute atomic E-state index is 0.0240. The molecule has 1 aliphatic carbocycles. The van der Waals surface area contributed by atoms with Gasteiger partial charge in [-0.2, -0.15) is 5.10 Å². The Labute approximate surface area is 101 Å². The van der Waals surface area contributed by atoms with Gasteiger partial charge >= 0.3 is 0 Å². The second-order valence-electron chi connectivity index (χ2n) is 4.90. The van der Waals surface area contributed by atoms with Crippen LogP contribution in [0.5, 0.6) is 0 Å². The maximum atomic E-state index is 11.7. The molecule has 3 N–H and O–H groups in total. The van der Waals surface area contributed by atoms with Gasteiger partial charge in [0.1, 0.15) is 6.54 Å². The van der Waals surface area contributed by atoms with E-state index < -0.39 is 0 Å². The molecule has 0 unspecified atom stereocenters. The van der Waals surface area contributed by atoms with Gasteiger partial charge in [-0.3, -0.25) is 9.48 Å². The Kier molecular flexibility index (Phi) is 3.78. The SMILES string of the molecule is NC1(CNC(=O)Cn2cccn2)CCCCC1. The van der Waals surface area contributed by atoms with Gasteiger partial charge in [-0.15, -0.1) is 0 Å². The summed E-state index contributed by atoms with van der Waals surface area (Å²) in [4.78, 5) is 11.7. The van der Waals surface area contributed by atoms with Gasteiger partial charge in [0.05, 0.1) is 0 Å². The molecule has 17 heavy (non-hydrogen) atoms. The van der Waals surface area contributed by atoms with Crippen molar-refractivity contribution in [3.05, 3.63) is 18.5 Å². The molecule has 1 heterocycles. The Morgan fingerprint density at radius 3 is 2.82 bits per heavy atom. The number of hydrogen-bond donors (Lipinski definition) is 2. The quantitative estimate of drug-likeness (QED) is 0.806. The average molecular weight is 236 g/mol. The molecule has 0 aliphatic heterocycles. The van der Waals surface area contributed by atoms with E-state index in [0.717, 1.165) is 12.8 Å². The van der Waals surface area contributed by atoms with Crippen LogP contribution in [0, 0.1) is 0 Å². The van der Waals surface area contributed by atoms with E-state index in [0.29, 0.717) is 6.54 Å². The number of nitrogens with zero attached hydrogens (tertiary/aromatic N) is 2. The smallest absolute Gasteiger partial charge is 0.241 e. The third-order valence-corrected chi connectivity index (χ3v) is 3.35. The molecule has 94 valence electrons. The van der Waals surface area contributed by atoms with Crippen LogP contribution in [-0.2, 0) is 11.3 Å². The van der Waals surface area contributed by atoms with Crippen molar-refractivity contribution >= 4 is 5.91 Å². The Morgan fingerprint density at radius 2 is 2.18 bits per heavy atom. The van der Waals surface area contributed by atoms with Crippen LogP contribution >= 0.6 is 0 Å². The second kappa shape index (κ2) is 5.31. The fourth-order valence-electron chi connectivity index (χ4n) is 2.30. The predicted molar refractivity (Wildman–Crippen MR) is 65.2 cm³/mol. The highest BCUT2D eigenvalue weighted by atomic mass is 16.2. The van der Waals surface area contributed by atoms with E-state index >= 15 is 0 Å². The van der Waals surface area contributed by atoms with Gasteiger partial charge in [0, 0.05) is 24.5 Å². The normalized spacial score (nSPS) is 18.9. The van der Waals surface area contributed by atoms with E-state index in [1.54, 1.807) is 23.1 Å². The highest BCUT2D eigenvalue weighted by molar-refractivity contribution is 5.75. The van der Waals surface area contributed by atoms with Gasteiger partial charge in [0.25, 0.3) is 0 Å².